The van der Waals surface area contributed by atoms with Crippen molar-refractivity contribution >= 4 is 75.1 Å². The van der Waals surface area contributed by atoms with Gasteiger partial charge in [0.15, 0.2) is 0 Å². The highest BCUT2D eigenvalue weighted by Gasteiger charge is 2.25. The lowest BCUT2D eigenvalue weighted by molar-refractivity contribution is 1.17. The normalized spacial score (nSPS) is 11.9. The predicted molar refractivity (Wildman–Crippen MR) is 247 cm³/mol. The first-order chi connectivity index (χ1) is 28.7. The topological polar surface area (TPSA) is 22.8 Å². The molecule has 4 heterocycles. The van der Waals surface area contributed by atoms with Gasteiger partial charge in [-0.15, -0.1) is 11.3 Å². The Hall–Kier alpha value is -7.27. The molecule has 272 valence electrons. The van der Waals surface area contributed by atoms with E-state index in [1.807, 2.05) is 17.5 Å². The molecule has 4 aromatic heterocycles. The van der Waals surface area contributed by atoms with Gasteiger partial charge in [-0.2, -0.15) is 0 Å². The van der Waals surface area contributed by atoms with Crippen LogP contribution in [0, 0.1) is 6.92 Å². The van der Waals surface area contributed by atoms with Gasteiger partial charge in [-0.05, 0) is 84.3 Å². The maximum absolute atomic E-state index is 5.07. The van der Waals surface area contributed by atoms with Gasteiger partial charge < -0.3 is 9.13 Å². The standard InChI is InChI=1S/C54H35N3S/c1-34-22-27-49-45(30-34)41-28-29-55-52(54(41)58-49)38-24-26-42-46(32-38)56(39-18-10-4-11-19-39)48-33-44(36-16-8-3-9-17-36)53-51(50(42)48)43-25-23-37(35-14-6-2-7-15-35)31-47(43)57(53)40-20-12-5-13-21-40/h2-33H,1H3. The predicted octanol–water partition coefficient (Wildman–Crippen LogP) is 15.0. The summed E-state index contributed by atoms with van der Waals surface area (Å²) < 4.78 is 7.47. The summed E-state index contributed by atoms with van der Waals surface area (Å²) in [5.74, 6) is 0. The number of benzene rings is 8. The fourth-order valence-corrected chi connectivity index (χ4v) is 10.4. The molecule has 0 saturated heterocycles. The molecule has 8 aromatic carbocycles. The van der Waals surface area contributed by atoms with E-state index in [9.17, 15) is 0 Å². The first-order valence-corrected chi connectivity index (χ1v) is 20.6. The van der Waals surface area contributed by atoms with Crippen LogP contribution in [0.15, 0.2) is 194 Å². The van der Waals surface area contributed by atoms with Gasteiger partial charge in [0.2, 0.25) is 0 Å². The Bertz CT molecular complexity index is 3540. The van der Waals surface area contributed by atoms with Crippen molar-refractivity contribution in [1.29, 1.82) is 0 Å². The lowest BCUT2D eigenvalue weighted by Crippen LogP contribution is -1.97. The quantitative estimate of drug-likeness (QED) is 0.171. The highest BCUT2D eigenvalue weighted by molar-refractivity contribution is 7.26. The van der Waals surface area contributed by atoms with Crippen LogP contribution in [0.2, 0.25) is 0 Å². The molecule has 12 rings (SSSR count). The van der Waals surface area contributed by atoms with Gasteiger partial charge in [-0.25, -0.2) is 0 Å². The molecular weight excluding hydrogens is 723 g/mol. The van der Waals surface area contributed by atoms with Crippen molar-refractivity contribution in [2.45, 2.75) is 6.92 Å². The molecule has 0 unspecified atom stereocenters. The molecule has 0 saturated carbocycles. The Balaban J connectivity index is 1.25. The lowest BCUT2D eigenvalue weighted by atomic mass is 9.96. The molecule has 0 bridgehead atoms. The van der Waals surface area contributed by atoms with Crippen LogP contribution in [-0.2, 0) is 0 Å². The Kier molecular flexibility index (Phi) is 7.31. The van der Waals surface area contributed by atoms with Crippen LogP contribution in [0.1, 0.15) is 5.56 Å². The third-order valence-electron chi connectivity index (χ3n) is 11.8. The van der Waals surface area contributed by atoms with Crippen LogP contribution in [0.4, 0.5) is 0 Å². The molecule has 3 nitrogen and oxygen atoms in total. The van der Waals surface area contributed by atoms with E-state index in [-0.39, 0.29) is 0 Å². The van der Waals surface area contributed by atoms with Crippen molar-refractivity contribution in [2.75, 3.05) is 0 Å². The summed E-state index contributed by atoms with van der Waals surface area (Å²) in [7, 11) is 0. The van der Waals surface area contributed by atoms with Crippen LogP contribution < -0.4 is 0 Å². The zero-order valence-electron chi connectivity index (χ0n) is 31.7. The summed E-state index contributed by atoms with van der Waals surface area (Å²) in [6, 6.07) is 68.7. The molecule has 4 heteroatoms. The molecule has 0 atom stereocenters. The second kappa shape index (κ2) is 12.9. The van der Waals surface area contributed by atoms with E-state index in [0.717, 1.165) is 28.1 Å². The van der Waals surface area contributed by atoms with Gasteiger partial charge in [0.1, 0.15) is 0 Å². The largest absolute Gasteiger partial charge is 0.309 e. The van der Waals surface area contributed by atoms with Gasteiger partial charge in [0, 0.05) is 65.7 Å². The van der Waals surface area contributed by atoms with Crippen LogP contribution in [-0.4, -0.2) is 14.1 Å². The van der Waals surface area contributed by atoms with E-state index < -0.39 is 0 Å². The number of thiophene rings is 1. The molecule has 0 aliphatic carbocycles. The van der Waals surface area contributed by atoms with Crippen molar-refractivity contribution in [3.63, 3.8) is 0 Å². The molecule has 0 spiro atoms. The van der Waals surface area contributed by atoms with Crippen molar-refractivity contribution in [2.24, 2.45) is 0 Å². The van der Waals surface area contributed by atoms with E-state index in [4.69, 9.17) is 4.98 Å². The molecular formula is C54H35N3S. The number of aryl methyl sites for hydroxylation is 1. The Morgan fingerprint density at radius 1 is 0.431 bits per heavy atom. The highest BCUT2D eigenvalue weighted by atomic mass is 32.1. The Morgan fingerprint density at radius 2 is 1.03 bits per heavy atom. The number of hydrogen-bond donors (Lipinski definition) is 0. The third kappa shape index (κ3) is 4.95. The number of para-hydroxylation sites is 2. The minimum absolute atomic E-state index is 1.02. The molecule has 0 fully saturated rings. The van der Waals surface area contributed by atoms with Crippen molar-refractivity contribution in [3.05, 3.63) is 200 Å². The zero-order chi connectivity index (χ0) is 38.3. The molecule has 12 aromatic rings. The van der Waals surface area contributed by atoms with Gasteiger partial charge in [-0.3, -0.25) is 4.98 Å². The van der Waals surface area contributed by atoms with Gasteiger partial charge in [0.25, 0.3) is 0 Å². The average Bonchev–Trinajstić information content (AvgIpc) is 3.94. The van der Waals surface area contributed by atoms with Crippen LogP contribution in [0.3, 0.4) is 0 Å². The maximum atomic E-state index is 5.07. The fraction of sp³-hybridized carbons (Fsp3) is 0.0185. The van der Waals surface area contributed by atoms with E-state index in [2.05, 4.69) is 204 Å². The third-order valence-corrected chi connectivity index (χ3v) is 13.0. The van der Waals surface area contributed by atoms with E-state index >= 15 is 0 Å². The number of fused-ring (bicyclic) bond motifs is 10. The molecule has 58 heavy (non-hydrogen) atoms. The average molecular weight is 758 g/mol. The minimum Gasteiger partial charge on any atom is -0.309 e. The zero-order valence-corrected chi connectivity index (χ0v) is 32.5. The van der Waals surface area contributed by atoms with E-state index in [1.54, 1.807) is 0 Å². The smallest absolute Gasteiger partial charge is 0.0881 e. The number of nitrogens with zero attached hydrogens (tertiary/aromatic N) is 3. The molecule has 0 amide bonds. The molecule has 0 radical (unpaired) electrons. The van der Waals surface area contributed by atoms with E-state index in [0.29, 0.717) is 0 Å². The number of hydrogen-bond acceptors (Lipinski definition) is 2. The van der Waals surface area contributed by atoms with Crippen LogP contribution in [0.25, 0.3) is 109 Å². The lowest BCUT2D eigenvalue weighted by Gasteiger charge is -2.14. The van der Waals surface area contributed by atoms with Crippen LogP contribution >= 0.6 is 11.3 Å². The second-order valence-corrected chi connectivity index (χ2v) is 16.3. The summed E-state index contributed by atoms with van der Waals surface area (Å²) in [5, 5.41) is 7.49. The Morgan fingerprint density at radius 3 is 1.76 bits per heavy atom. The Labute approximate surface area is 339 Å². The number of rotatable bonds is 5. The summed E-state index contributed by atoms with van der Waals surface area (Å²) >= 11 is 1.83. The van der Waals surface area contributed by atoms with Crippen molar-refractivity contribution < 1.29 is 0 Å². The summed E-state index contributed by atoms with van der Waals surface area (Å²) in [4.78, 5) is 5.07. The first kappa shape index (κ1) is 32.9. The maximum Gasteiger partial charge on any atom is 0.0881 e. The van der Waals surface area contributed by atoms with Gasteiger partial charge >= 0.3 is 0 Å². The van der Waals surface area contributed by atoms with Crippen molar-refractivity contribution in [3.8, 4) is 44.9 Å². The van der Waals surface area contributed by atoms with E-state index in [1.165, 1.54) is 86.1 Å². The van der Waals surface area contributed by atoms with Gasteiger partial charge in [0.05, 0.1) is 32.5 Å². The second-order valence-electron chi connectivity index (χ2n) is 15.2. The SMILES string of the molecule is Cc1ccc2sc3c(-c4ccc5c6c7c8ccc(-c9ccccc9)cc8n(-c8ccccc8)c7c(-c7ccccc7)cc6n(-c6ccccc6)c5c4)nccc3c2c1. The molecule has 0 N–H and O–H groups in total. The number of pyridine rings is 1. The summed E-state index contributed by atoms with van der Waals surface area (Å²) in [6.07, 6.45) is 1.97. The minimum atomic E-state index is 1.02. The fourth-order valence-electron chi connectivity index (χ4n) is 9.23. The highest BCUT2D eigenvalue weighted by Crippen LogP contribution is 2.48. The first-order valence-electron chi connectivity index (χ1n) is 19.8. The summed E-state index contributed by atoms with van der Waals surface area (Å²) in [6.45, 7) is 2.17. The summed E-state index contributed by atoms with van der Waals surface area (Å²) in [5.41, 5.74) is 15.1. The van der Waals surface area contributed by atoms with Crippen LogP contribution in [0.5, 0.6) is 0 Å². The number of aromatic nitrogens is 3. The monoisotopic (exact) mass is 757 g/mol. The van der Waals surface area contributed by atoms with Crippen molar-refractivity contribution in [1.82, 2.24) is 14.1 Å². The molecule has 0 aliphatic rings. The molecule has 0 aliphatic heterocycles. The van der Waals surface area contributed by atoms with Gasteiger partial charge in [-0.1, -0.05) is 133 Å².